The summed E-state index contributed by atoms with van der Waals surface area (Å²) in [6.45, 7) is 1.34. The van der Waals surface area contributed by atoms with E-state index in [2.05, 4.69) is 20.8 Å². The van der Waals surface area contributed by atoms with Crippen LogP contribution in [0, 0.1) is 0 Å². The molecule has 0 aliphatic rings. The number of para-hydroxylation sites is 1. The highest BCUT2D eigenvalue weighted by molar-refractivity contribution is 9.10. The molecule has 1 aromatic rings. The lowest BCUT2D eigenvalue weighted by molar-refractivity contribution is 0.225. The summed E-state index contributed by atoms with van der Waals surface area (Å²) in [7, 11) is 4.08. The zero-order valence-electron chi connectivity index (χ0n) is 9.82. The van der Waals surface area contributed by atoms with Gasteiger partial charge in [0.05, 0.1) is 11.1 Å². The minimum Gasteiger partial charge on any atom is -0.492 e. The molecular weight excluding hydrogens is 268 g/mol. The molecule has 0 amide bonds. The summed E-state index contributed by atoms with van der Waals surface area (Å²) in [6, 6.07) is 8.24. The van der Waals surface area contributed by atoms with Crippen molar-refractivity contribution in [2.24, 2.45) is 5.73 Å². The number of nitrogens with zero attached hydrogens (tertiary/aromatic N) is 1. The van der Waals surface area contributed by atoms with E-state index in [0.717, 1.165) is 16.6 Å². The van der Waals surface area contributed by atoms with Crippen LogP contribution in [0.4, 0.5) is 0 Å². The fourth-order valence-electron chi connectivity index (χ4n) is 1.45. The van der Waals surface area contributed by atoms with Gasteiger partial charge in [0.2, 0.25) is 0 Å². The fraction of sp³-hybridized carbons (Fsp3) is 0.500. The Morgan fingerprint density at radius 1 is 1.38 bits per heavy atom. The van der Waals surface area contributed by atoms with Gasteiger partial charge in [0.15, 0.2) is 0 Å². The molecule has 0 fully saturated rings. The molecule has 4 heteroatoms. The van der Waals surface area contributed by atoms with Crippen LogP contribution in [-0.4, -0.2) is 38.2 Å². The van der Waals surface area contributed by atoms with Crippen molar-refractivity contribution in [2.45, 2.75) is 12.5 Å². The molecule has 1 rings (SSSR count). The van der Waals surface area contributed by atoms with E-state index in [1.165, 1.54) is 0 Å². The van der Waals surface area contributed by atoms with E-state index < -0.39 is 0 Å². The van der Waals surface area contributed by atoms with Crippen molar-refractivity contribution in [1.29, 1.82) is 0 Å². The third-order valence-electron chi connectivity index (χ3n) is 2.55. The molecule has 1 aromatic carbocycles. The SMILES string of the molecule is CN(C)C(CN)CCOc1ccccc1Br. The Kier molecular flexibility index (Phi) is 5.80. The lowest BCUT2D eigenvalue weighted by Gasteiger charge is -2.22. The average molecular weight is 287 g/mol. The predicted octanol–water partition coefficient (Wildman–Crippen LogP) is 2.11. The van der Waals surface area contributed by atoms with Crippen LogP contribution < -0.4 is 10.5 Å². The van der Waals surface area contributed by atoms with Gasteiger partial charge in [-0.1, -0.05) is 12.1 Å². The van der Waals surface area contributed by atoms with Crippen molar-refractivity contribution in [3.05, 3.63) is 28.7 Å². The Labute approximate surface area is 106 Å². The van der Waals surface area contributed by atoms with Crippen LogP contribution in [0.3, 0.4) is 0 Å². The maximum Gasteiger partial charge on any atom is 0.133 e. The second kappa shape index (κ2) is 6.89. The van der Waals surface area contributed by atoms with Crippen LogP contribution in [0.25, 0.3) is 0 Å². The Bertz CT molecular complexity index is 318. The largest absolute Gasteiger partial charge is 0.492 e. The summed E-state index contributed by atoms with van der Waals surface area (Å²) in [5.41, 5.74) is 5.68. The number of nitrogens with two attached hydrogens (primary N) is 1. The quantitative estimate of drug-likeness (QED) is 0.871. The van der Waals surface area contributed by atoms with Gasteiger partial charge < -0.3 is 15.4 Å². The van der Waals surface area contributed by atoms with Gasteiger partial charge in [-0.25, -0.2) is 0 Å². The first-order valence-corrected chi connectivity index (χ1v) is 6.18. The van der Waals surface area contributed by atoms with Crippen molar-refractivity contribution >= 4 is 15.9 Å². The number of rotatable bonds is 6. The molecule has 0 saturated heterocycles. The minimum atomic E-state index is 0.377. The van der Waals surface area contributed by atoms with Crippen LogP contribution >= 0.6 is 15.9 Å². The Hall–Kier alpha value is -0.580. The first-order chi connectivity index (χ1) is 7.65. The Balaban J connectivity index is 2.38. The van der Waals surface area contributed by atoms with Gasteiger partial charge >= 0.3 is 0 Å². The third-order valence-corrected chi connectivity index (χ3v) is 3.20. The predicted molar refractivity (Wildman–Crippen MR) is 70.8 cm³/mol. The van der Waals surface area contributed by atoms with E-state index in [1.54, 1.807) is 0 Å². The molecule has 3 nitrogen and oxygen atoms in total. The standard InChI is InChI=1S/C12H19BrN2O/c1-15(2)10(9-14)7-8-16-12-6-4-3-5-11(12)13/h3-6,10H,7-9,14H2,1-2H3. The minimum absolute atomic E-state index is 0.377. The number of likely N-dealkylation sites (N-methyl/N-ethyl adjacent to an activating group) is 1. The molecule has 0 saturated carbocycles. The second-order valence-corrected chi connectivity index (χ2v) is 4.78. The fourth-order valence-corrected chi connectivity index (χ4v) is 1.85. The number of hydrogen-bond acceptors (Lipinski definition) is 3. The van der Waals surface area contributed by atoms with Crippen molar-refractivity contribution in [3.63, 3.8) is 0 Å². The second-order valence-electron chi connectivity index (χ2n) is 3.92. The number of hydrogen-bond donors (Lipinski definition) is 1. The van der Waals surface area contributed by atoms with E-state index in [1.807, 2.05) is 38.4 Å². The van der Waals surface area contributed by atoms with E-state index >= 15 is 0 Å². The molecule has 1 unspecified atom stereocenters. The summed E-state index contributed by atoms with van der Waals surface area (Å²) >= 11 is 3.45. The molecule has 16 heavy (non-hydrogen) atoms. The van der Waals surface area contributed by atoms with Gasteiger partial charge in [-0.2, -0.15) is 0 Å². The lowest BCUT2D eigenvalue weighted by atomic mass is 10.2. The summed E-state index contributed by atoms with van der Waals surface area (Å²) in [4.78, 5) is 2.13. The maximum atomic E-state index is 5.69. The molecule has 90 valence electrons. The Morgan fingerprint density at radius 2 is 2.06 bits per heavy atom. The van der Waals surface area contributed by atoms with Crippen molar-refractivity contribution in [2.75, 3.05) is 27.2 Å². The molecular formula is C12H19BrN2O. The molecule has 0 radical (unpaired) electrons. The van der Waals surface area contributed by atoms with E-state index in [-0.39, 0.29) is 0 Å². The molecule has 0 spiro atoms. The topological polar surface area (TPSA) is 38.5 Å². The monoisotopic (exact) mass is 286 g/mol. The summed E-state index contributed by atoms with van der Waals surface area (Å²) in [6.07, 6.45) is 0.935. The highest BCUT2D eigenvalue weighted by Crippen LogP contribution is 2.23. The summed E-state index contributed by atoms with van der Waals surface area (Å²) in [5, 5.41) is 0. The van der Waals surface area contributed by atoms with Gasteiger partial charge in [0.1, 0.15) is 5.75 Å². The lowest BCUT2D eigenvalue weighted by Crippen LogP contribution is -2.36. The van der Waals surface area contributed by atoms with Gasteiger partial charge in [0, 0.05) is 12.6 Å². The zero-order chi connectivity index (χ0) is 12.0. The summed E-state index contributed by atoms with van der Waals surface area (Å²) < 4.78 is 6.68. The number of ether oxygens (including phenoxy) is 1. The first kappa shape index (κ1) is 13.5. The maximum absolute atomic E-state index is 5.69. The van der Waals surface area contributed by atoms with Gasteiger partial charge in [-0.15, -0.1) is 0 Å². The molecule has 0 heterocycles. The van der Waals surface area contributed by atoms with Gasteiger partial charge in [-0.05, 0) is 48.6 Å². The molecule has 0 bridgehead atoms. The molecule has 0 aliphatic heterocycles. The highest BCUT2D eigenvalue weighted by atomic mass is 79.9. The molecule has 0 aromatic heterocycles. The highest BCUT2D eigenvalue weighted by Gasteiger charge is 2.09. The van der Waals surface area contributed by atoms with Crippen molar-refractivity contribution in [1.82, 2.24) is 4.90 Å². The van der Waals surface area contributed by atoms with Crippen molar-refractivity contribution in [3.8, 4) is 5.75 Å². The Morgan fingerprint density at radius 3 is 2.62 bits per heavy atom. The van der Waals surface area contributed by atoms with Gasteiger partial charge in [0.25, 0.3) is 0 Å². The van der Waals surface area contributed by atoms with Crippen molar-refractivity contribution < 1.29 is 4.74 Å². The molecule has 2 N–H and O–H groups in total. The van der Waals surface area contributed by atoms with Crippen LogP contribution in [0.5, 0.6) is 5.75 Å². The van der Waals surface area contributed by atoms with E-state index in [0.29, 0.717) is 19.2 Å². The summed E-state index contributed by atoms with van der Waals surface area (Å²) in [5.74, 6) is 0.886. The molecule has 1 atom stereocenters. The molecule has 0 aliphatic carbocycles. The van der Waals surface area contributed by atoms with Crippen LogP contribution in [0.15, 0.2) is 28.7 Å². The first-order valence-electron chi connectivity index (χ1n) is 5.39. The third kappa shape index (κ3) is 4.12. The van der Waals surface area contributed by atoms with Crippen LogP contribution in [-0.2, 0) is 0 Å². The average Bonchev–Trinajstić information content (AvgIpc) is 2.26. The number of halogens is 1. The van der Waals surface area contributed by atoms with E-state index in [9.17, 15) is 0 Å². The van der Waals surface area contributed by atoms with Gasteiger partial charge in [-0.3, -0.25) is 0 Å². The van der Waals surface area contributed by atoms with E-state index in [4.69, 9.17) is 10.5 Å². The van der Waals surface area contributed by atoms with Crippen LogP contribution in [0.1, 0.15) is 6.42 Å². The zero-order valence-corrected chi connectivity index (χ0v) is 11.4. The normalized spacial score (nSPS) is 12.8. The smallest absolute Gasteiger partial charge is 0.133 e. The number of benzene rings is 1. The van der Waals surface area contributed by atoms with Crippen LogP contribution in [0.2, 0.25) is 0 Å².